The molecule has 31 heteroatoms. The van der Waals surface area contributed by atoms with Gasteiger partial charge < -0.3 is 125 Å². The van der Waals surface area contributed by atoms with Gasteiger partial charge in [0.1, 0.15) is 61.0 Å². The lowest BCUT2D eigenvalue weighted by Gasteiger charge is -2.47. The molecule has 0 radical (unpaired) electrons. The van der Waals surface area contributed by atoms with Gasteiger partial charge in [-0.3, -0.25) is 33.7 Å². The van der Waals surface area contributed by atoms with E-state index in [1.54, 1.807) is 0 Å². The number of unbranched alkanes of at least 4 members (excludes halogenated alkanes) is 50. The van der Waals surface area contributed by atoms with Gasteiger partial charge in [0.2, 0.25) is 29.4 Å². The summed E-state index contributed by atoms with van der Waals surface area (Å²) in [5, 5.41) is 90.1. The number of hydrogen-bond acceptors (Lipinski definition) is 26. The van der Waals surface area contributed by atoms with E-state index < -0.39 is 159 Å². The third-order valence-corrected chi connectivity index (χ3v) is 29.1. The summed E-state index contributed by atoms with van der Waals surface area (Å²) in [6, 6.07) is -7.25. The second kappa shape index (κ2) is 85.7. The number of Topliss-reactive ketones (excluding diaryl/α,β-unsaturated/α-hetero) is 1. The van der Waals surface area contributed by atoms with Gasteiger partial charge in [-0.05, 0) is 186 Å². The summed E-state index contributed by atoms with van der Waals surface area (Å²) >= 11 is 0. The Morgan fingerprint density at radius 1 is 0.354 bits per heavy atom. The van der Waals surface area contributed by atoms with Crippen LogP contribution < -0.4 is 55.7 Å². The maximum absolute atomic E-state index is 13.8. The summed E-state index contributed by atoms with van der Waals surface area (Å²) in [6.45, 7) is 11.2. The molecule has 1 aliphatic carbocycles. The molecular formula is C113H212N12O19. The molecule has 3 saturated heterocycles. The molecule has 0 spiro atoms. The second-order valence-electron chi connectivity index (χ2n) is 42.1. The fourth-order valence-corrected chi connectivity index (χ4v) is 19.6. The number of hydrogen-bond donors (Lipinski definition) is 17. The minimum atomic E-state index is -1.82. The largest absolute Gasteiger partial charge is 0.394 e. The minimum absolute atomic E-state index is 0.000177. The number of nitrogens with two attached hydrogens (primary N) is 6. The Morgan fingerprint density at radius 2 is 0.708 bits per heavy atom. The average Bonchev–Trinajstić information content (AvgIpc) is 1.48. The Hall–Kier alpha value is -4.82. The van der Waals surface area contributed by atoms with Crippen molar-refractivity contribution in [1.82, 2.24) is 31.1 Å². The molecule has 3 aliphatic heterocycles. The van der Waals surface area contributed by atoms with Crippen molar-refractivity contribution in [2.45, 2.75) is 574 Å². The van der Waals surface area contributed by atoms with Crippen LogP contribution in [0.25, 0.3) is 0 Å². The van der Waals surface area contributed by atoms with Gasteiger partial charge in [-0.25, -0.2) is 0 Å². The van der Waals surface area contributed by atoms with Crippen LogP contribution in [0.1, 0.15) is 445 Å². The maximum Gasteiger partial charge on any atom is 0.288 e. The zero-order chi connectivity index (χ0) is 105. The lowest BCUT2D eigenvalue weighted by atomic mass is 9.84. The molecule has 0 aromatic rings. The first kappa shape index (κ1) is 131. The molecule has 4 aliphatic rings. The van der Waals surface area contributed by atoms with Gasteiger partial charge >= 0.3 is 0 Å². The lowest BCUT2D eigenvalue weighted by Crippen LogP contribution is -2.69. The summed E-state index contributed by atoms with van der Waals surface area (Å²) in [5.74, 6) is -2.77. The van der Waals surface area contributed by atoms with Crippen LogP contribution in [-0.4, -0.2) is 268 Å². The number of carbonyl (C=O) groups excluding carboxylic acids is 6. The first-order chi connectivity index (χ1) is 69.9. The maximum atomic E-state index is 13.8. The van der Waals surface area contributed by atoms with E-state index in [0.717, 1.165) is 116 Å². The molecule has 4 fully saturated rings. The monoisotopic (exact) mass is 2040 g/mol. The summed E-state index contributed by atoms with van der Waals surface area (Å²) in [7, 11) is 0. The van der Waals surface area contributed by atoms with E-state index in [2.05, 4.69) is 102 Å². The third kappa shape index (κ3) is 59.3. The Bertz CT molecular complexity index is 3240. The number of ketones is 1. The van der Waals surface area contributed by atoms with Crippen molar-refractivity contribution in [2.24, 2.45) is 34.4 Å². The molecule has 21 atom stereocenters. The van der Waals surface area contributed by atoms with Crippen LogP contribution >= 0.6 is 0 Å². The third-order valence-electron chi connectivity index (χ3n) is 29.1. The molecule has 23 N–H and O–H groups in total. The van der Waals surface area contributed by atoms with Crippen LogP contribution in [0.4, 0.5) is 0 Å². The number of nitrogens with zero attached hydrogens (tertiary/aromatic N) is 2. The Morgan fingerprint density at radius 3 is 1.12 bits per heavy atom. The van der Waals surface area contributed by atoms with Crippen molar-refractivity contribution in [2.75, 3.05) is 59.0 Å². The van der Waals surface area contributed by atoms with Crippen molar-refractivity contribution >= 4 is 35.3 Å². The van der Waals surface area contributed by atoms with Crippen LogP contribution in [0.2, 0.25) is 0 Å². The number of rotatable bonds is 92. The highest BCUT2D eigenvalue weighted by Gasteiger charge is 2.55. The molecule has 1 saturated carbocycles. The smallest absolute Gasteiger partial charge is 0.288 e. The number of allylic oxidation sites excluding steroid dienone is 8. The molecule has 0 bridgehead atoms. The molecule has 31 nitrogen and oxygen atoms in total. The van der Waals surface area contributed by atoms with Crippen molar-refractivity contribution < 1.29 is 92.9 Å². The highest BCUT2D eigenvalue weighted by molar-refractivity contribution is 6.37. The highest BCUT2D eigenvalue weighted by Crippen LogP contribution is 2.36. The second-order valence-corrected chi connectivity index (χ2v) is 42.1. The van der Waals surface area contributed by atoms with E-state index in [9.17, 15) is 64.5 Å². The minimum Gasteiger partial charge on any atom is -0.394 e. The molecule has 3 heterocycles. The zero-order valence-electron chi connectivity index (χ0n) is 90.5. The van der Waals surface area contributed by atoms with Crippen molar-refractivity contribution in [1.29, 1.82) is 0 Å². The van der Waals surface area contributed by atoms with Gasteiger partial charge in [-0.15, -0.1) is 0 Å². The van der Waals surface area contributed by atoms with Crippen molar-refractivity contribution in [3.8, 4) is 0 Å². The van der Waals surface area contributed by atoms with Gasteiger partial charge in [-0.2, -0.15) is 0 Å². The standard InChI is InChI=1S/C113H212N12O19/c1-5-9-13-17-21-25-29-33-37-41-45-49-53-57-61-69-79-124(80-70-62-58-54-50-46-42-38-34-30-26-22-18-14-10-6-2)85-91(127)109(138)121-78-68-66-74-88(115)108(137)123-110-102(134)101(133)97(119)112(144-110)141-104-90(117)83-89(116)98(130)106(104)143-113-103(135)105(93(86-126)140-113)142-111-96(118)100(132)99(131)92(139-111)84-122-107(136)87(114)73-65-67-77-120-94(128)75-76-95(129)125(81-71-63-59-55-51-47-43-39-35-31-27-23-19-15-11-7-3)82-72-64-60-56-52-48-44-40-36-32-28-24-20-16-12-8-4/h33-40,87-90,92-93,96-106,110-113,126,130-135H,5-32,41-86,114-119H2,1-4H3,(H,120,128)(H,121,138)(H,122,136)(H,123,137)/t87-,88-,89+,90?,92?,93+,96+,97?,98?,99+,100?,101+,102-,103?,104+,105-,106+,110?,111+,112-,113-/m0/s1. The lowest BCUT2D eigenvalue weighted by molar-refractivity contribution is -0.310. The first-order valence-corrected chi connectivity index (χ1v) is 58.3. The van der Waals surface area contributed by atoms with Gasteiger partial charge in [0, 0.05) is 57.6 Å². The number of ether oxygens (including phenoxy) is 6. The van der Waals surface area contributed by atoms with E-state index in [-0.39, 0.29) is 63.6 Å². The van der Waals surface area contributed by atoms with Gasteiger partial charge in [0.05, 0.1) is 43.4 Å². The average molecular weight is 2040 g/mol. The van der Waals surface area contributed by atoms with E-state index in [1.165, 1.54) is 257 Å². The number of nitrogens with one attached hydrogen (secondary N) is 4. The van der Waals surface area contributed by atoms with E-state index in [4.69, 9.17) is 62.8 Å². The first-order valence-electron chi connectivity index (χ1n) is 58.3. The van der Waals surface area contributed by atoms with E-state index >= 15 is 0 Å². The number of aliphatic hydroxyl groups excluding tert-OH is 7. The summed E-state index contributed by atoms with van der Waals surface area (Å²) in [6.07, 6.45) is 64.5. The summed E-state index contributed by atoms with van der Waals surface area (Å²) < 4.78 is 36.7. The summed E-state index contributed by atoms with van der Waals surface area (Å²) in [4.78, 5) is 84.9. The molecule has 838 valence electrons. The quantitative estimate of drug-likeness (QED) is 0.0153. The Balaban J connectivity index is 1.22. The molecule has 4 rings (SSSR count). The highest BCUT2D eigenvalue weighted by atomic mass is 16.8. The summed E-state index contributed by atoms with van der Waals surface area (Å²) in [5.41, 5.74) is 38.6. The van der Waals surface area contributed by atoms with Crippen LogP contribution in [-0.2, 0) is 57.2 Å². The van der Waals surface area contributed by atoms with Crippen LogP contribution in [0.15, 0.2) is 48.6 Å². The normalized spacial score (nSPS) is 24.6. The van der Waals surface area contributed by atoms with E-state index in [1.807, 2.05) is 4.90 Å². The molecule has 7 unspecified atom stereocenters. The number of amides is 5. The molecule has 0 aromatic carbocycles. The van der Waals surface area contributed by atoms with Crippen molar-refractivity contribution in [3.05, 3.63) is 48.6 Å². The topological polar surface area (TPSA) is 510 Å². The van der Waals surface area contributed by atoms with Crippen LogP contribution in [0.3, 0.4) is 0 Å². The Labute approximate surface area is 870 Å². The molecule has 0 aromatic heterocycles. The van der Waals surface area contributed by atoms with Gasteiger partial charge in [0.15, 0.2) is 25.1 Å². The molecule has 5 amide bonds. The van der Waals surface area contributed by atoms with Crippen LogP contribution in [0, 0.1) is 0 Å². The number of carbonyl (C=O) groups is 6. The molecular weight excluding hydrogens is 1830 g/mol. The van der Waals surface area contributed by atoms with Gasteiger partial charge in [0.25, 0.3) is 5.91 Å². The SMILES string of the molecule is CCCCCCCCC=CCCCCCCCCN(CCCCCCCCC=CCCCCCCCC)CC(=O)C(=O)NCCCC[C@H](N)C(=O)NC1O[C@H](O[C@@H]2C(N)C[C@@H](N)C(O)[C@H]2O[C@@H]2O[C@H](CO)[C@H](O[C@H]3OC(CNC(=O)[C@@H](N)CCCCNC(=O)CCC(=O)N(CCCCCCCCC=CCCCCCCCC)CCCCCCCCC=CCCCCCCCC)[C@@H](O)C(O)[C@H]3N)C2O)C(N)[C@@H](O)[C@@H]1O. The van der Waals surface area contributed by atoms with Crippen molar-refractivity contribution in [3.63, 3.8) is 0 Å². The number of aliphatic hydroxyl groups is 7. The predicted octanol–water partition coefficient (Wildman–Crippen LogP) is 15.2. The fraction of sp³-hybridized carbons (Fsp3) is 0.876. The predicted molar refractivity (Wildman–Crippen MR) is 576 cm³/mol. The fourth-order valence-electron chi connectivity index (χ4n) is 19.6. The van der Waals surface area contributed by atoms with Gasteiger partial charge in [-0.1, -0.05) is 307 Å². The van der Waals surface area contributed by atoms with Crippen LogP contribution in [0.5, 0.6) is 0 Å². The van der Waals surface area contributed by atoms with E-state index in [0.29, 0.717) is 45.3 Å². The Kier molecular flexibility index (Phi) is 78.2. The zero-order valence-corrected chi connectivity index (χ0v) is 90.5. The molecule has 144 heavy (non-hydrogen) atoms.